The van der Waals surface area contributed by atoms with Crippen molar-refractivity contribution in [3.63, 3.8) is 0 Å². The molecule has 1 unspecified atom stereocenters. The van der Waals surface area contributed by atoms with Gasteiger partial charge in [-0.15, -0.1) is 6.42 Å². The summed E-state index contributed by atoms with van der Waals surface area (Å²) in [6, 6.07) is 8.27. The molecule has 0 aliphatic carbocycles. The van der Waals surface area contributed by atoms with E-state index in [-0.39, 0.29) is 17.9 Å². The molecule has 2 heterocycles. The Balaban J connectivity index is 1.59. The minimum absolute atomic E-state index is 0.0789. The van der Waals surface area contributed by atoms with Crippen LogP contribution >= 0.6 is 0 Å². The van der Waals surface area contributed by atoms with Crippen LogP contribution in [0.1, 0.15) is 24.4 Å². The number of rotatable bonds is 7. The van der Waals surface area contributed by atoms with Crippen molar-refractivity contribution >= 4 is 5.91 Å². The molecule has 0 bridgehead atoms. The molecule has 0 aromatic heterocycles. The SMILES string of the molecule is C#CCN1CCC(C(=O)NCC(c2ccc(OC)cc2)N2CCOCC2)CC1. The van der Waals surface area contributed by atoms with Gasteiger partial charge in [0.2, 0.25) is 5.91 Å². The first kappa shape index (κ1) is 20.7. The molecule has 0 spiro atoms. The summed E-state index contributed by atoms with van der Waals surface area (Å²) in [6.45, 7) is 6.28. The van der Waals surface area contributed by atoms with Gasteiger partial charge in [-0.2, -0.15) is 0 Å². The van der Waals surface area contributed by atoms with Gasteiger partial charge >= 0.3 is 0 Å². The number of nitrogens with zero attached hydrogens (tertiary/aromatic N) is 2. The summed E-state index contributed by atoms with van der Waals surface area (Å²) >= 11 is 0. The first-order valence-corrected chi connectivity index (χ1v) is 10.1. The summed E-state index contributed by atoms with van der Waals surface area (Å²) < 4.78 is 10.8. The first-order valence-electron chi connectivity index (χ1n) is 10.1. The minimum atomic E-state index is 0.0789. The van der Waals surface area contributed by atoms with Crippen LogP contribution in [-0.2, 0) is 9.53 Å². The van der Waals surface area contributed by atoms with E-state index in [9.17, 15) is 4.79 Å². The number of methoxy groups -OCH3 is 1. The van der Waals surface area contributed by atoms with E-state index in [1.807, 2.05) is 12.1 Å². The lowest BCUT2D eigenvalue weighted by atomic mass is 9.95. The molecular formula is C22H31N3O3. The molecule has 1 aromatic carbocycles. The summed E-state index contributed by atoms with van der Waals surface area (Å²) in [5, 5.41) is 3.21. The topological polar surface area (TPSA) is 54.0 Å². The number of benzene rings is 1. The number of ether oxygens (including phenoxy) is 2. The molecule has 152 valence electrons. The number of piperidine rings is 1. The number of terminal acetylenes is 1. The Bertz CT molecular complexity index is 657. The lowest BCUT2D eigenvalue weighted by molar-refractivity contribution is -0.126. The molecule has 3 rings (SSSR count). The summed E-state index contributed by atoms with van der Waals surface area (Å²) in [6.07, 6.45) is 7.13. The van der Waals surface area contributed by atoms with Gasteiger partial charge in [-0.05, 0) is 43.6 Å². The molecule has 1 atom stereocenters. The molecule has 2 aliphatic heterocycles. The van der Waals surface area contributed by atoms with E-state index < -0.39 is 0 Å². The van der Waals surface area contributed by atoms with Crippen molar-refractivity contribution in [2.24, 2.45) is 5.92 Å². The van der Waals surface area contributed by atoms with E-state index in [1.54, 1.807) is 7.11 Å². The van der Waals surface area contributed by atoms with Crippen LogP contribution in [0.5, 0.6) is 5.75 Å². The number of morpholine rings is 1. The van der Waals surface area contributed by atoms with Crippen molar-refractivity contribution in [2.45, 2.75) is 18.9 Å². The summed E-state index contributed by atoms with van der Waals surface area (Å²) in [5.74, 6) is 3.76. The highest BCUT2D eigenvalue weighted by atomic mass is 16.5. The zero-order valence-electron chi connectivity index (χ0n) is 16.7. The van der Waals surface area contributed by atoms with Crippen LogP contribution < -0.4 is 10.1 Å². The quantitative estimate of drug-likeness (QED) is 0.722. The van der Waals surface area contributed by atoms with Gasteiger partial charge in [0.1, 0.15) is 5.75 Å². The number of amides is 1. The van der Waals surface area contributed by atoms with Crippen LogP contribution in [-0.4, -0.2) is 75.3 Å². The largest absolute Gasteiger partial charge is 0.497 e. The van der Waals surface area contributed by atoms with E-state index in [1.165, 1.54) is 5.56 Å². The van der Waals surface area contributed by atoms with Crippen molar-refractivity contribution in [3.8, 4) is 18.1 Å². The monoisotopic (exact) mass is 385 g/mol. The molecule has 1 amide bonds. The van der Waals surface area contributed by atoms with E-state index in [0.717, 1.165) is 58.0 Å². The fourth-order valence-electron chi connectivity index (χ4n) is 4.00. The van der Waals surface area contributed by atoms with Gasteiger partial charge in [-0.3, -0.25) is 14.6 Å². The maximum Gasteiger partial charge on any atom is 0.223 e. The number of hydrogen-bond acceptors (Lipinski definition) is 5. The predicted molar refractivity (Wildman–Crippen MR) is 109 cm³/mol. The second kappa shape index (κ2) is 10.5. The average molecular weight is 386 g/mol. The summed E-state index contributed by atoms with van der Waals surface area (Å²) in [4.78, 5) is 17.4. The summed E-state index contributed by atoms with van der Waals surface area (Å²) in [7, 11) is 1.67. The van der Waals surface area contributed by atoms with Crippen LogP contribution in [0.2, 0.25) is 0 Å². The van der Waals surface area contributed by atoms with E-state index in [2.05, 4.69) is 33.2 Å². The molecule has 1 N–H and O–H groups in total. The molecule has 28 heavy (non-hydrogen) atoms. The molecule has 0 saturated carbocycles. The fraction of sp³-hybridized carbons (Fsp3) is 0.591. The minimum Gasteiger partial charge on any atom is -0.497 e. The highest BCUT2D eigenvalue weighted by molar-refractivity contribution is 5.78. The second-order valence-electron chi connectivity index (χ2n) is 7.44. The number of likely N-dealkylation sites (tertiary alicyclic amines) is 1. The Morgan fingerprint density at radius 2 is 1.93 bits per heavy atom. The van der Waals surface area contributed by atoms with Crippen molar-refractivity contribution < 1.29 is 14.3 Å². The van der Waals surface area contributed by atoms with Crippen molar-refractivity contribution in [3.05, 3.63) is 29.8 Å². The Morgan fingerprint density at radius 3 is 2.54 bits per heavy atom. The second-order valence-corrected chi connectivity index (χ2v) is 7.44. The Labute approximate surface area is 168 Å². The molecule has 2 saturated heterocycles. The lowest BCUT2D eigenvalue weighted by Crippen LogP contribution is -2.46. The summed E-state index contributed by atoms with van der Waals surface area (Å²) in [5.41, 5.74) is 1.19. The number of carbonyl (C=O) groups excluding carboxylic acids is 1. The average Bonchev–Trinajstić information content (AvgIpc) is 2.76. The van der Waals surface area contributed by atoms with Crippen LogP contribution in [0.3, 0.4) is 0 Å². The molecule has 6 nitrogen and oxygen atoms in total. The molecule has 0 radical (unpaired) electrons. The zero-order valence-corrected chi connectivity index (χ0v) is 16.7. The van der Waals surface area contributed by atoms with E-state index >= 15 is 0 Å². The third-order valence-electron chi connectivity index (χ3n) is 5.73. The smallest absolute Gasteiger partial charge is 0.223 e. The zero-order chi connectivity index (χ0) is 19.8. The van der Waals surface area contributed by atoms with Crippen LogP contribution in [0.15, 0.2) is 24.3 Å². The normalized spacial score (nSPS) is 20.3. The van der Waals surface area contributed by atoms with Gasteiger partial charge in [0.15, 0.2) is 0 Å². The van der Waals surface area contributed by atoms with Gasteiger partial charge in [0.25, 0.3) is 0 Å². The maximum atomic E-state index is 12.7. The number of nitrogens with one attached hydrogen (secondary N) is 1. The third-order valence-corrected chi connectivity index (χ3v) is 5.73. The Morgan fingerprint density at radius 1 is 1.25 bits per heavy atom. The third kappa shape index (κ3) is 5.48. The highest BCUT2D eigenvalue weighted by Crippen LogP contribution is 2.24. The Kier molecular flexibility index (Phi) is 7.72. The van der Waals surface area contributed by atoms with Gasteiger partial charge in [-0.1, -0.05) is 18.1 Å². The molecular weight excluding hydrogens is 354 g/mol. The van der Waals surface area contributed by atoms with Gasteiger partial charge in [-0.25, -0.2) is 0 Å². The molecule has 2 fully saturated rings. The van der Waals surface area contributed by atoms with Gasteiger partial charge in [0.05, 0.1) is 32.9 Å². The standard InChI is InChI=1S/C22H31N3O3/c1-3-10-24-11-8-19(9-12-24)22(26)23-17-21(25-13-15-28-16-14-25)18-4-6-20(27-2)7-5-18/h1,4-7,19,21H,8-17H2,2H3,(H,23,26). The van der Waals surface area contributed by atoms with Gasteiger partial charge in [0, 0.05) is 25.6 Å². The number of carbonyl (C=O) groups is 1. The van der Waals surface area contributed by atoms with Crippen LogP contribution in [0.4, 0.5) is 0 Å². The van der Waals surface area contributed by atoms with Crippen molar-refractivity contribution in [1.82, 2.24) is 15.1 Å². The van der Waals surface area contributed by atoms with Crippen LogP contribution in [0, 0.1) is 18.3 Å². The molecule has 2 aliphatic rings. The first-order chi connectivity index (χ1) is 13.7. The van der Waals surface area contributed by atoms with Gasteiger partial charge < -0.3 is 14.8 Å². The van der Waals surface area contributed by atoms with Crippen molar-refractivity contribution in [2.75, 3.05) is 59.6 Å². The predicted octanol–water partition coefficient (Wildman–Crippen LogP) is 1.53. The van der Waals surface area contributed by atoms with E-state index in [0.29, 0.717) is 13.1 Å². The number of hydrogen-bond donors (Lipinski definition) is 1. The highest BCUT2D eigenvalue weighted by Gasteiger charge is 2.27. The Hall–Kier alpha value is -2.07. The molecule has 1 aromatic rings. The lowest BCUT2D eigenvalue weighted by Gasteiger charge is -2.35. The van der Waals surface area contributed by atoms with Crippen molar-refractivity contribution in [1.29, 1.82) is 0 Å². The molecule has 6 heteroatoms. The fourth-order valence-corrected chi connectivity index (χ4v) is 4.00. The van der Waals surface area contributed by atoms with Crippen LogP contribution in [0.25, 0.3) is 0 Å². The maximum absolute atomic E-state index is 12.7. The van der Waals surface area contributed by atoms with E-state index in [4.69, 9.17) is 15.9 Å².